The van der Waals surface area contributed by atoms with Gasteiger partial charge in [-0.1, -0.05) is 26.0 Å². The molecule has 1 fully saturated rings. The fraction of sp³-hybridized carbons (Fsp3) is 0.800. The first-order valence-electron chi connectivity index (χ1n) is 4.28. The van der Waals surface area contributed by atoms with Gasteiger partial charge in [0, 0.05) is 0 Å². The number of hydrogen-bond acceptors (Lipinski definition) is 0. The number of allylic oxidation sites excluding steroid dienone is 1. The Hall–Kier alpha value is -0.260. The van der Waals surface area contributed by atoms with Crippen LogP contribution in [0, 0.1) is 17.8 Å². The lowest BCUT2D eigenvalue weighted by Gasteiger charge is -2.17. The molecule has 0 bridgehead atoms. The molecule has 1 rings (SSSR count). The lowest BCUT2D eigenvalue weighted by molar-refractivity contribution is 0.395. The average molecular weight is 138 g/mol. The van der Waals surface area contributed by atoms with E-state index in [2.05, 4.69) is 27.4 Å². The highest BCUT2D eigenvalue weighted by Crippen LogP contribution is 2.39. The molecule has 0 aliphatic heterocycles. The Bertz CT molecular complexity index is 135. The molecule has 0 heteroatoms. The third-order valence-corrected chi connectivity index (χ3v) is 3.10. The summed E-state index contributed by atoms with van der Waals surface area (Å²) in [4.78, 5) is 0. The smallest absolute Gasteiger partial charge is 0.0180 e. The van der Waals surface area contributed by atoms with Crippen molar-refractivity contribution in [2.45, 2.75) is 33.6 Å². The highest BCUT2D eigenvalue weighted by Gasteiger charge is 2.29. The normalized spacial score (nSPS) is 40.1. The molecule has 1 aliphatic carbocycles. The van der Waals surface area contributed by atoms with Gasteiger partial charge in [0.2, 0.25) is 0 Å². The first kappa shape index (κ1) is 7.84. The van der Waals surface area contributed by atoms with Crippen molar-refractivity contribution in [1.82, 2.24) is 0 Å². The van der Waals surface area contributed by atoms with Crippen molar-refractivity contribution in [3.63, 3.8) is 0 Å². The van der Waals surface area contributed by atoms with Gasteiger partial charge in [-0.3, -0.25) is 0 Å². The third kappa shape index (κ3) is 1.25. The maximum absolute atomic E-state index is 4.02. The Morgan fingerprint density at radius 2 is 1.90 bits per heavy atom. The Labute approximate surface area is 64.3 Å². The monoisotopic (exact) mass is 138 g/mol. The van der Waals surface area contributed by atoms with E-state index in [0.29, 0.717) is 0 Å². The van der Waals surface area contributed by atoms with Crippen LogP contribution >= 0.6 is 0 Å². The summed E-state index contributed by atoms with van der Waals surface area (Å²) in [5.74, 6) is 2.61. The average Bonchev–Trinajstić information content (AvgIpc) is 2.14. The van der Waals surface area contributed by atoms with Gasteiger partial charge in [-0.2, -0.15) is 0 Å². The second-order valence-corrected chi connectivity index (χ2v) is 3.87. The van der Waals surface area contributed by atoms with Crippen LogP contribution in [0.3, 0.4) is 0 Å². The molecule has 0 saturated heterocycles. The highest BCUT2D eigenvalue weighted by molar-refractivity contribution is 5.02. The second-order valence-electron chi connectivity index (χ2n) is 3.87. The van der Waals surface area contributed by atoms with Crippen LogP contribution < -0.4 is 0 Å². The van der Waals surface area contributed by atoms with Crippen molar-refractivity contribution in [3.05, 3.63) is 12.2 Å². The predicted octanol–water partition coefficient (Wildman–Crippen LogP) is 3.24. The first-order valence-corrected chi connectivity index (χ1v) is 4.28. The summed E-state index contributed by atoms with van der Waals surface area (Å²) in [5.41, 5.74) is 1.39. The van der Waals surface area contributed by atoms with Crippen molar-refractivity contribution in [2.24, 2.45) is 17.8 Å². The van der Waals surface area contributed by atoms with Crippen molar-refractivity contribution in [2.75, 3.05) is 0 Å². The zero-order valence-corrected chi connectivity index (χ0v) is 7.35. The van der Waals surface area contributed by atoms with E-state index < -0.39 is 0 Å². The molecule has 0 N–H and O–H groups in total. The van der Waals surface area contributed by atoms with Crippen LogP contribution in [0.15, 0.2) is 12.2 Å². The molecule has 58 valence electrons. The van der Waals surface area contributed by atoms with Gasteiger partial charge < -0.3 is 0 Å². The van der Waals surface area contributed by atoms with Gasteiger partial charge in [0.15, 0.2) is 0 Å². The Kier molecular flexibility index (Phi) is 2.18. The highest BCUT2D eigenvalue weighted by atomic mass is 14.3. The number of rotatable bonds is 1. The Morgan fingerprint density at radius 1 is 1.30 bits per heavy atom. The second kappa shape index (κ2) is 2.77. The molecule has 0 spiro atoms. The van der Waals surface area contributed by atoms with Crippen molar-refractivity contribution >= 4 is 0 Å². The molecule has 0 aromatic heterocycles. The molecule has 0 unspecified atom stereocenters. The van der Waals surface area contributed by atoms with Gasteiger partial charge in [-0.25, -0.2) is 0 Å². The Morgan fingerprint density at radius 3 is 2.10 bits per heavy atom. The molecular formula is C10H18. The van der Waals surface area contributed by atoms with E-state index in [0.717, 1.165) is 17.8 Å². The van der Waals surface area contributed by atoms with Gasteiger partial charge in [0.1, 0.15) is 0 Å². The summed E-state index contributed by atoms with van der Waals surface area (Å²) in [5, 5.41) is 0. The summed E-state index contributed by atoms with van der Waals surface area (Å²) in [6, 6.07) is 0. The van der Waals surface area contributed by atoms with Gasteiger partial charge in [0.05, 0.1) is 0 Å². The van der Waals surface area contributed by atoms with E-state index in [1.165, 1.54) is 18.4 Å². The van der Waals surface area contributed by atoms with E-state index >= 15 is 0 Å². The van der Waals surface area contributed by atoms with E-state index in [-0.39, 0.29) is 0 Å². The van der Waals surface area contributed by atoms with Crippen molar-refractivity contribution < 1.29 is 0 Å². The molecular weight excluding hydrogens is 120 g/mol. The quantitative estimate of drug-likeness (QED) is 0.488. The van der Waals surface area contributed by atoms with E-state index in [1.54, 1.807) is 0 Å². The minimum Gasteiger partial charge on any atom is -0.0999 e. The Balaban J connectivity index is 2.57. The molecule has 0 heterocycles. The molecule has 10 heavy (non-hydrogen) atoms. The van der Waals surface area contributed by atoms with Crippen molar-refractivity contribution in [1.29, 1.82) is 0 Å². The van der Waals surface area contributed by atoms with Crippen LogP contribution in [-0.2, 0) is 0 Å². The predicted molar refractivity (Wildman–Crippen MR) is 45.9 cm³/mol. The molecule has 1 saturated carbocycles. The van der Waals surface area contributed by atoms with Gasteiger partial charge in [0.25, 0.3) is 0 Å². The summed E-state index contributed by atoms with van der Waals surface area (Å²) in [7, 11) is 0. The molecule has 0 aromatic rings. The van der Waals surface area contributed by atoms with Gasteiger partial charge in [-0.15, -0.1) is 0 Å². The van der Waals surface area contributed by atoms with Gasteiger partial charge in [-0.05, 0) is 37.5 Å². The molecule has 0 nitrogen and oxygen atoms in total. The third-order valence-electron chi connectivity index (χ3n) is 3.10. The summed E-state index contributed by atoms with van der Waals surface area (Å²) in [6.07, 6.45) is 2.77. The molecule has 0 amide bonds. The molecule has 0 aromatic carbocycles. The standard InChI is InChI=1S/C10H18/c1-7(2)10-6-5-8(3)9(10)4/h8-10H,1,5-6H2,2-4H3/t8-,9+,10-/m1/s1. The SMILES string of the molecule is C=C(C)[C@H]1CC[C@@H](C)[C@@H]1C. The zero-order chi connectivity index (χ0) is 7.72. The molecule has 3 atom stereocenters. The minimum absolute atomic E-state index is 0.815. The molecule has 0 radical (unpaired) electrons. The zero-order valence-electron chi connectivity index (χ0n) is 7.35. The summed E-state index contributed by atoms with van der Waals surface area (Å²) in [6.45, 7) is 10.9. The molecule has 1 aliphatic rings. The van der Waals surface area contributed by atoms with E-state index in [1.807, 2.05) is 0 Å². The van der Waals surface area contributed by atoms with Crippen LogP contribution in [0.4, 0.5) is 0 Å². The topological polar surface area (TPSA) is 0 Å². The van der Waals surface area contributed by atoms with Crippen LogP contribution in [-0.4, -0.2) is 0 Å². The number of hydrogen-bond donors (Lipinski definition) is 0. The fourth-order valence-corrected chi connectivity index (χ4v) is 2.06. The van der Waals surface area contributed by atoms with E-state index in [4.69, 9.17) is 0 Å². The lowest BCUT2D eigenvalue weighted by Crippen LogP contribution is -2.08. The largest absolute Gasteiger partial charge is 0.0999 e. The maximum Gasteiger partial charge on any atom is -0.0180 e. The van der Waals surface area contributed by atoms with Crippen molar-refractivity contribution in [3.8, 4) is 0 Å². The first-order chi connectivity index (χ1) is 4.63. The van der Waals surface area contributed by atoms with Gasteiger partial charge >= 0.3 is 0 Å². The lowest BCUT2D eigenvalue weighted by atomic mass is 9.88. The maximum atomic E-state index is 4.02. The van der Waals surface area contributed by atoms with Crippen LogP contribution in [0.2, 0.25) is 0 Å². The minimum atomic E-state index is 0.815. The van der Waals surface area contributed by atoms with Crippen LogP contribution in [0.25, 0.3) is 0 Å². The van der Waals surface area contributed by atoms with Crippen LogP contribution in [0.1, 0.15) is 33.6 Å². The fourth-order valence-electron chi connectivity index (χ4n) is 2.06. The summed E-state index contributed by atoms with van der Waals surface area (Å²) >= 11 is 0. The van der Waals surface area contributed by atoms with E-state index in [9.17, 15) is 0 Å². The van der Waals surface area contributed by atoms with Crippen LogP contribution in [0.5, 0.6) is 0 Å². The summed E-state index contributed by atoms with van der Waals surface area (Å²) < 4.78 is 0.